The summed E-state index contributed by atoms with van der Waals surface area (Å²) in [5.74, 6) is 0.479. The summed E-state index contributed by atoms with van der Waals surface area (Å²) in [5, 5.41) is 15.6. The molecule has 27 heavy (non-hydrogen) atoms. The first-order valence-corrected chi connectivity index (χ1v) is 8.93. The summed E-state index contributed by atoms with van der Waals surface area (Å²) < 4.78 is 8.72. The van der Waals surface area contributed by atoms with Crippen LogP contribution >= 0.6 is 0 Å². The van der Waals surface area contributed by atoms with Crippen molar-refractivity contribution in [2.75, 3.05) is 13.7 Å². The second-order valence-corrected chi connectivity index (χ2v) is 6.66. The molecule has 0 saturated heterocycles. The van der Waals surface area contributed by atoms with E-state index in [2.05, 4.69) is 25.6 Å². The van der Waals surface area contributed by atoms with Gasteiger partial charge in [-0.2, -0.15) is 5.10 Å². The molecule has 0 aliphatic heterocycles. The number of hydrogen-bond acceptors (Lipinski definition) is 6. The zero-order valence-corrected chi connectivity index (χ0v) is 16.4. The van der Waals surface area contributed by atoms with Gasteiger partial charge < -0.3 is 14.6 Å². The van der Waals surface area contributed by atoms with Crippen molar-refractivity contribution < 1.29 is 9.53 Å². The number of nitrogens with one attached hydrogen (secondary N) is 1. The van der Waals surface area contributed by atoms with E-state index in [0.29, 0.717) is 29.3 Å². The van der Waals surface area contributed by atoms with Crippen molar-refractivity contribution in [2.24, 2.45) is 0 Å². The Bertz CT molecular complexity index is 960. The van der Waals surface area contributed by atoms with Gasteiger partial charge in [-0.1, -0.05) is 0 Å². The standard InChI is InChI=1S/C18H25N7O2/c1-11-9-12(2)25-17(20-11)15(13(3)23-25)18(26)21-14(4)16-22-19-10-24(16)7-6-8-27-5/h9-10,14H,6-8H2,1-5H3,(H,21,26)/t14-/m1/s1. The normalized spacial score (nSPS) is 12.5. The number of aryl methyl sites for hydroxylation is 4. The minimum absolute atomic E-state index is 0.223. The van der Waals surface area contributed by atoms with Crippen molar-refractivity contribution in [3.8, 4) is 0 Å². The Morgan fingerprint density at radius 3 is 2.85 bits per heavy atom. The molecular weight excluding hydrogens is 346 g/mol. The van der Waals surface area contributed by atoms with Crippen LogP contribution in [0.2, 0.25) is 0 Å². The fourth-order valence-corrected chi connectivity index (χ4v) is 3.18. The maximum atomic E-state index is 13.0. The highest BCUT2D eigenvalue weighted by Gasteiger charge is 2.23. The molecule has 0 radical (unpaired) electrons. The number of hydrogen-bond donors (Lipinski definition) is 1. The van der Waals surface area contributed by atoms with E-state index in [1.54, 1.807) is 18.0 Å². The number of rotatable bonds is 7. The lowest BCUT2D eigenvalue weighted by molar-refractivity contribution is 0.0938. The van der Waals surface area contributed by atoms with Gasteiger partial charge in [0.15, 0.2) is 11.5 Å². The Labute approximate surface area is 157 Å². The highest BCUT2D eigenvalue weighted by molar-refractivity contribution is 6.01. The molecule has 0 aliphatic rings. The van der Waals surface area contributed by atoms with Crippen LogP contribution in [0.5, 0.6) is 0 Å². The third-order valence-electron chi connectivity index (χ3n) is 4.43. The van der Waals surface area contributed by atoms with E-state index in [1.807, 2.05) is 38.3 Å². The van der Waals surface area contributed by atoms with Gasteiger partial charge in [-0.25, -0.2) is 9.50 Å². The Kier molecular flexibility index (Phi) is 5.50. The van der Waals surface area contributed by atoms with Crippen LogP contribution in [-0.4, -0.2) is 49.0 Å². The van der Waals surface area contributed by atoms with Crippen LogP contribution in [0.3, 0.4) is 0 Å². The van der Waals surface area contributed by atoms with Crippen LogP contribution in [0.1, 0.15) is 52.7 Å². The summed E-state index contributed by atoms with van der Waals surface area (Å²) in [6.45, 7) is 8.94. The van der Waals surface area contributed by atoms with Crippen LogP contribution in [0.25, 0.3) is 5.65 Å². The predicted octanol–water partition coefficient (Wildman–Crippen LogP) is 1.77. The number of nitrogens with zero attached hydrogens (tertiary/aromatic N) is 6. The lowest BCUT2D eigenvalue weighted by Gasteiger charge is -2.14. The predicted molar refractivity (Wildman–Crippen MR) is 99.6 cm³/mol. The SMILES string of the molecule is COCCCn1cnnc1[C@@H](C)NC(=O)c1c(C)nn2c(C)cc(C)nc12. The van der Waals surface area contributed by atoms with Gasteiger partial charge in [-0.3, -0.25) is 4.79 Å². The number of ether oxygens (including phenoxy) is 1. The lowest BCUT2D eigenvalue weighted by atomic mass is 10.2. The van der Waals surface area contributed by atoms with Crippen molar-refractivity contribution >= 4 is 11.6 Å². The molecule has 1 N–H and O–H groups in total. The molecule has 0 bridgehead atoms. The molecule has 0 aromatic carbocycles. The minimum Gasteiger partial charge on any atom is -0.385 e. The molecule has 0 unspecified atom stereocenters. The van der Waals surface area contributed by atoms with E-state index < -0.39 is 0 Å². The van der Waals surface area contributed by atoms with Gasteiger partial charge in [0, 0.05) is 31.6 Å². The maximum Gasteiger partial charge on any atom is 0.257 e. The summed E-state index contributed by atoms with van der Waals surface area (Å²) in [4.78, 5) is 17.5. The van der Waals surface area contributed by atoms with Gasteiger partial charge in [0.25, 0.3) is 5.91 Å². The van der Waals surface area contributed by atoms with Crippen molar-refractivity contribution in [1.82, 2.24) is 34.7 Å². The molecule has 0 spiro atoms. The molecule has 0 aliphatic carbocycles. The maximum absolute atomic E-state index is 13.0. The fraction of sp³-hybridized carbons (Fsp3) is 0.500. The highest BCUT2D eigenvalue weighted by atomic mass is 16.5. The van der Waals surface area contributed by atoms with E-state index in [-0.39, 0.29) is 11.9 Å². The Hall–Kier alpha value is -2.81. The van der Waals surface area contributed by atoms with Gasteiger partial charge in [-0.15, -0.1) is 10.2 Å². The van der Waals surface area contributed by atoms with Crippen LogP contribution in [0, 0.1) is 20.8 Å². The minimum atomic E-state index is -0.303. The number of aromatic nitrogens is 6. The first-order chi connectivity index (χ1) is 12.9. The number of methoxy groups -OCH3 is 1. The van der Waals surface area contributed by atoms with E-state index in [4.69, 9.17) is 4.74 Å². The van der Waals surface area contributed by atoms with Crippen molar-refractivity contribution in [1.29, 1.82) is 0 Å². The van der Waals surface area contributed by atoms with Crippen molar-refractivity contribution in [3.63, 3.8) is 0 Å². The van der Waals surface area contributed by atoms with Gasteiger partial charge in [0.2, 0.25) is 0 Å². The summed E-state index contributed by atoms with van der Waals surface area (Å²) >= 11 is 0. The quantitative estimate of drug-likeness (QED) is 0.636. The van der Waals surface area contributed by atoms with Crippen molar-refractivity contribution in [3.05, 3.63) is 40.9 Å². The summed E-state index contributed by atoms with van der Waals surface area (Å²) in [6.07, 6.45) is 2.51. The molecule has 3 heterocycles. The van der Waals surface area contributed by atoms with E-state index in [9.17, 15) is 4.79 Å². The Morgan fingerprint density at radius 1 is 1.33 bits per heavy atom. The molecule has 144 valence electrons. The van der Waals surface area contributed by atoms with E-state index in [1.165, 1.54) is 0 Å². The van der Waals surface area contributed by atoms with Crippen LogP contribution in [-0.2, 0) is 11.3 Å². The summed E-state index contributed by atoms with van der Waals surface area (Å²) in [5.41, 5.74) is 3.48. The van der Waals surface area contributed by atoms with Crippen LogP contribution in [0.15, 0.2) is 12.4 Å². The molecular formula is C18H25N7O2. The average molecular weight is 371 g/mol. The summed E-state index contributed by atoms with van der Waals surface area (Å²) in [7, 11) is 1.67. The zero-order chi connectivity index (χ0) is 19.6. The number of carbonyl (C=O) groups is 1. The molecule has 3 rings (SSSR count). The monoisotopic (exact) mass is 371 g/mol. The Morgan fingerprint density at radius 2 is 2.11 bits per heavy atom. The fourth-order valence-electron chi connectivity index (χ4n) is 3.18. The molecule has 0 saturated carbocycles. The average Bonchev–Trinajstić information content (AvgIpc) is 3.19. The third kappa shape index (κ3) is 3.82. The highest BCUT2D eigenvalue weighted by Crippen LogP contribution is 2.18. The number of carbonyl (C=O) groups excluding carboxylic acids is 1. The second kappa shape index (κ2) is 7.83. The molecule has 3 aromatic heterocycles. The molecule has 9 nitrogen and oxygen atoms in total. The number of amides is 1. The second-order valence-electron chi connectivity index (χ2n) is 6.66. The molecule has 9 heteroatoms. The summed E-state index contributed by atoms with van der Waals surface area (Å²) in [6, 6.07) is 1.63. The molecule has 1 atom stereocenters. The molecule has 0 fully saturated rings. The van der Waals surface area contributed by atoms with Crippen LogP contribution < -0.4 is 5.32 Å². The molecule has 1 amide bonds. The van der Waals surface area contributed by atoms with E-state index >= 15 is 0 Å². The molecule has 3 aromatic rings. The smallest absolute Gasteiger partial charge is 0.257 e. The number of fused-ring (bicyclic) bond motifs is 1. The van der Waals surface area contributed by atoms with Crippen LogP contribution in [0.4, 0.5) is 0 Å². The van der Waals surface area contributed by atoms with Gasteiger partial charge in [0.05, 0.1) is 11.7 Å². The first-order valence-electron chi connectivity index (χ1n) is 8.93. The van der Waals surface area contributed by atoms with E-state index in [0.717, 1.165) is 24.4 Å². The zero-order valence-electron chi connectivity index (χ0n) is 16.4. The first kappa shape index (κ1) is 19.0. The Balaban J connectivity index is 1.83. The van der Waals surface area contributed by atoms with Crippen molar-refractivity contribution in [2.45, 2.75) is 46.7 Å². The van der Waals surface area contributed by atoms with Gasteiger partial charge in [-0.05, 0) is 40.2 Å². The van der Waals surface area contributed by atoms with Gasteiger partial charge >= 0.3 is 0 Å². The van der Waals surface area contributed by atoms with Gasteiger partial charge in [0.1, 0.15) is 11.9 Å². The topological polar surface area (TPSA) is 99.2 Å². The third-order valence-corrected chi connectivity index (χ3v) is 4.43. The lowest BCUT2D eigenvalue weighted by Crippen LogP contribution is -2.29. The largest absolute Gasteiger partial charge is 0.385 e.